The van der Waals surface area contributed by atoms with Gasteiger partial charge in [-0.3, -0.25) is 4.90 Å². The Bertz CT molecular complexity index is 360. The molecule has 0 aliphatic heterocycles. The smallest absolute Gasteiger partial charge is 0.123 e. The molecule has 1 aromatic carbocycles. The molecular weight excluding hydrogens is 240 g/mol. The van der Waals surface area contributed by atoms with Gasteiger partial charge in [-0.2, -0.15) is 0 Å². The van der Waals surface area contributed by atoms with Crippen molar-refractivity contribution in [2.45, 2.75) is 6.04 Å². The maximum Gasteiger partial charge on any atom is 0.123 e. The van der Waals surface area contributed by atoms with E-state index >= 15 is 0 Å². The molecule has 0 aromatic heterocycles. The fraction of sp³-hybridized carbons (Fsp3) is 0.500. The second-order valence-electron chi connectivity index (χ2n) is 3.84. The SMILES string of the molecule is COc1ccc(Cl)cc1C(CN)N(C)CCO. The number of nitrogens with zero attached hydrogens (tertiary/aromatic N) is 1. The van der Waals surface area contributed by atoms with E-state index in [2.05, 4.69) is 0 Å². The Morgan fingerprint density at radius 1 is 1.53 bits per heavy atom. The first-order valence-electron chi connectivity index (χ1n) is 5.48. The van der Waals surface area contributed by atoms with Gasteiger partial charge in [-0.15, -0.1) is 0 Å². The van der Waals surface area contributed by atoms with Crippen LogP contribution < -0.4 is 10.5 Å². The molecule has 1 rings (SSSR count). The van der Waals surface area contributed by atoms with Crippen LogP contribution in [0.1, 0.15) is 11.6 Å². The van der Waals surface area contributed by atoms with E-state index in [0.29, 0.717) is 18.1 Å². The first-order chi connectivity index (χ1) is 8.13. The molecule has 4 nitrogen and oxygen atoms in total. The highest BCUT2D eigenvalue weighted by atomic mass is 35.5. The average Bonchev–Trinajstić information content (AvgIpc) is 2.31. The average molecular weight is 259 g/mol. The lowest BCUT2D eigenvalue weighted by Gasteiger charge is -2.28. The summed E-state index contributed by atoms with van der Waals surface area (Å²) in [4.78, 5) is 1.98. The molecule has 17 heavy (non-hydrogen) atoms. The zero-order valence-corrected chi connectivity index (χ0v) is 10.9. The second kappa shape index (κ2) is 6.81. The number of hydrogen-bond acceptors (Lipinski definition) is 4. The van der Waals surface area contributed by atoms with E-state index < -0.39 is 0 Å². The Kier molecular flexibility index (Phi) is 5.71. The summed E-state index contributed by atoms with van der Waals surface area (Å²) in [6, 6.07) is 5.44. The minimum absolute atomic E-state index is 0.0178. The second-order valence-corrected chi connectivity index (χ2v) is 4.28. The number of hydrogen-bond donors (Lipinski definition) is 2. The van der Waals surface area contributed by atoms with E-state index in [9.17, 15) is 0 Å². The van der Waals surface area contributed by atoms with Gasteiger partial charge in [0.05, 0.1) is 19.8 Å². The van der Waals surface area contributed by atoms with Gasteiger partial charge in [-0.25, -0.2) is 0 Å². The zero-order valence-electron chi connectivity index (χ0n) is 10.2. The summed E-state index contributed by atoms with van der Waals surface area (Å²) in [5.41, 5.74) is 6.73. The van der Waals surface area contributed by atoms with E-state index in [0.717, 1.165) is 11.3 Å². The molecule has 0 radical (unpaired) electrons. The van der Waals surface area contributed by atoms with Gasteiger partial charge in [0, 0.05) is 23.7 Å². The van der Waals surface area contributed by atoms with Crippen molar-refractivity contribution >= 4 is 11.6 Å². The highest BCUT2D eigenvalue weighted by Gasteiger charge is 2.19. The summed E-state index contributed by atoms with van der Waals surface area (Å²) in [5, 5.41) is 9.62. The highest BCUT2D eigenvalue weighted by molar-refractivity contribution is 6.30. The van der Waals surface area contributed by atoms with Crippen LogP contribution in [0.25, 0.3) is 0 Å². The van der Waals surface area contributed by atoms with E-state index in [1.165, 1.54) is 0 Å². The zero-order chi connectivity index (χ0) is 12.8. The lowest BCUT2D eigenvalue weighted by Crippen LogP contribution is -2.32. The molecule has 0 aliphatic carbocycles. The minimum Gasteiger partial charge on any atom is -0.496 e. The van der Waals surface area contributed by atoms with Gasteiger partial charge in [-0.1, -0.05) is 11.6 Å². The number of halogens is 1. The molecule has 1 atom stereocenters. The number of benzene rings is 1. The quantitative estimate of drug-likeness (QED) is 0.807. The van der Waals surface area contributed by atoms with Gasteiger partial charge < -0.3 is 15.6 Å². The number of aliphatic hydroxyl groups is 1. The predicted molar refractivity (Wildman–Crippen MR) is 69.5 cm³/mol. The van der Waals surface area contributed by atoms with Gasteiger partial charge in [0.1, 0.15) is 5.75 Å². The topological polar surface area (TPSA) is 58.7 Å². The fourth-order valence-corrected chi connectivity index (χ4v) is 2.00. The Balaban J connectivity index is 3.05. The van der Waals surface area contributed by atoms with Crippen LogP contribution in [-0.2, 0) is 0 Å². The third kappa shape index (κ3) is 3.57. The maximum absolute atomic E-state index is 8.97. The van der Waals surface area contributed by atoms with Crippen LogP contribution >= 0.6 is 11.6 Å². The lowest BCUT2D eigenvalue weighted by atomic mass is 10.0. The molecule has 96 valence electrons. The Hall–Kier alpha value is -0.810. The molecule has 0 fully saturated rings. The largest absolute Gasteiger partial charge is 0.496 e. The van der Waals surface area contributed by atoms with Gasteiger partial charge in [0.25, 0.3) is 0 Å². The summed E-state index contributed by atoms with van der Waals surface area (Å²) in [5.74, 6) is 0.759. The predicted octanol–water partition coefficient (Wildman–Crippen LogP) is 1.27. The van der Waals surface area contributed by atoms with Crippen molar-refractivity contribution in [1.82, 2.24) is 4.90 Å². The van der Waals surface area contributed by atoms with E-state index in [-0.39, 0.29) is 12.6 Å². The summed E-state index contributed by atoms with van der Waals surface area (Å²) >= 11 is 5.99. The molecule has 0 saturated heterocycles. The van der Waals surface area contributed by atoms with E-state index in [4.69, 9.17) is 27.2 Å². The molecule has 5 heteroatoms. The lowest BCUT2D eigenvalue weighted by molar-refractivity contribution is 0.181. The van der Waals surface area contributed by atoms with Crippen LogP contribution in [-0.4, -0.2) is 43.9 Å². The molecular formula is C12H19ClN2O2. The monoisotopic (exact) mass is 258 g/mol. The van der Waals surface area contributed by atoms with Crippen LogP contribution in [0.3, 0.4) is 0 Å². The molecule has 3 N–H and O–H groups in total. The molecule has 0 saturated carbocycles. The van der Waals surface area contributed by atoms with E-state index in [1.807, 2.05) is 24.1 Å². The Morgan fingerprint density at radius 3 is 2.76 bits per heavy atom. The fourth-order valence-electron chi connectivity index (χ4n) is 1.82. The van der Waals surface area contributed by atoms with Crippen molar-refractivity contribution < 1.29 is 9.84 Å². The molecule has 0 bridgehead atoms. The number of aliphatic hydroxyl groups excluding tert-OH is 1. The first kappa shape index (κ1) is 14.3. The van der Waals surface area contributed by atoms with Crippen molar-refractivity contribution in [3.8, 4) is 5.75 Å². The summed E-state index contributed by atoms with van der Waals surface area (Å²) < 4.78 is 5.31. The number of methoxy groups -OCH3 is 1. The van der Waals surface area contributed by atoms with Crippen molar-refractivity contribution in [1.29, 1.82) is 0 Å². The molecule has 1 unspecified atom stereocenters. The molecule has 0 amide bonds. The number of ether oxygens (including phenoxy) is 1. The molecule has 0 aliphatic rings. The number of rotatable bonds is 6. The van der Waals surface area contributed by atoms with Crippen LogP contribution in [0.15, 0.2) is 18.2 Å². The minimum atomic E-state index is -0.0178. The summed E-state index contributed by atoms with van der Waals surface area (Å²) in [6.07, 6.45) is 0. The van der Waals surface area contributed by atoms with Gasteiger partial charge in [-0.05, 0) is 25.2 Å². The molecule has 0 spiro atoms. The Morgan fingerprint density at radius 2 is 2.24 bits per heavy atom. The number of nitrogens with two attached hydrogens (primary N) is 1. The summed E-state index contributed by atoms with van der Waals surface area (Å²) in [7, 11) is 3.53. The van der Waals surface area contributed by atoms with Gasteiger partial charge >= 0.3 is 0 Å². The maximum atomic E-state index is 8.97. The number of likely N-dealkylation sites (N-methyl/N-ethyl adjacent to an activating group) is 1. The van der Waals surface area contributed by atoms with Crippen molar-refractivity contribution in [3.05, 3.63) is 28.8 Å². The van der Waals surface area contributed by atoms with Crippen LogP contribution in [0.2, 0.25) is 5.02 Å². The normalized spacial score (nSPS) is 12.8. The molecule has 0 heterocycles. The molecule has 1 aromatic rings. The van der Waals surface area contributed by atoms with Crippen LogP contribution in [0, 0.1) is 0 Å². The van der Waals surface area contributed by atoms with Crippen LogP contribution in [0.5, 0.6) is 5.75 Å². The van der Waals surface area contributed by atoms with Crippen LogP contribution in [0.4, 0.5) is 0 Å². The first-order valence-corrected chi connectivity index (χ1v) is 5.86. The third-order valence-electron chi connectivity index (χ3n) is 2.76. The highest BCUT2D eigenvalue weighted by Crippen LogP contribution is 2.30. The van der Waals surface area contributed by atoms with Crippen molar-refractivity contribution in [3.63, 3.8) is 0 Å². The van der Waals surface area contributed by atoms with Crippen molar-refractivity contribution in [2.75, 3.05) is 33.9 Å². The standard InChI is InChI=1S/C12H19ClN2O2/c1-15(5-6-16)11(8-14)10-7-9(13)3-4-12(10)17-2/h3-4,7,11,16H,5-6,8,14H2,1-2H3. The van der Waals surface area contributed by atoms with Gasteiger partial charge in [0.2, 0.25) is 0 Å². The Labute approximate surface area is 107 Å². The van der Waals surface area contributed by atoms with Gasteiger partial charge in [0.15, 0.2) is 0 Å². The summed E-state index contributed by atoms with van der Waals surface area (Å²) in [6.45, 7) is 1.08. The van der Waals surface area contributed by atoms with Crippen molar-refractivity contribution in [2.24, 2.45) is 5.73 Å². The third-order valence-corrected chi connectivity index (χ3v) is 2.99. The van der Waals surface area contributed by atoms with E-state index in [1.54, 1.807) is 13.2 Å².